The van der Waals surface area contributed by atoms with Crippen LogP contribution in [0.15, 0.2) is 24.3 Å². The molecule has 1 aliphatic heterocycles. The van der Waals surface area contributed by atoms with Crippen molar-refractivity contribution in [3.63, 3.8) is 0 Å². The van der Waals surface area contributed by atoms with Crippen molar-refractivity contribution in [1.82, 2.24) is 10.1 Å². The number of allylic oxidation sites excluding steroid dienone is 2. The number of amides is 3. The minimum atomic E-state index is -0.803. The number of imide groups is 1. The van der Waals surface area contributed by atoms with Crippen LogP contribution in [-0.4, -0.2) is 46.8 Å². The summed E-state index contributed by atoms with van der Waals surface area (Å²) in [5.74, 6) is -2.78. The summed E-state index contributed by atoms with van der Waals surface area (Å²) in [6.07, 6.45) is 8.90. The van der Waals surface area contributed by atoms with Crippen LogP contribution >= 0.6 is 0 Å². The number of nitrogens with zero attached hydrogens (tertiary/aromatic N) is 2. The number of hydrogen-bond donors (Lipinski definition) is 0. The standard InChI is InChI=1S/C19H22N2O7/c1-20(28-19(26)14-11-12-5-7-13(14)8-6-12)15(22)3-2-4-18(25)27-21-16(23)9-10-17(21)24/h5,7,9-10,12-14H,2-4,6,8,11H2,1H3. The summed E-state index contributed by atoms with van der Waals surface area (Å²) < 4.78 is 0. The summed E-state index contributed by atoms with van der Waals surface area (Å²) in [4.78, 5) is 68.6. The highest BCUT2D eigenvalue weighted by molar-refractivity contribution is 6.12. The lowest BCUT2D eigenvalue weighted by atomic mass is 9.69. The first kappa shape index (κ1) is 19.8. The van der Waals surface area contributed by atoms with Gasteiger partial charge in [0.25, 0.3) is 17.7 Å². The van der Waals surface area contributed by atoms with Gasteiger partial charge in [-0.2, -0.15) is 5.06 Å². The molecule has 9 heteroatoms. The van der Waals surface area contributed by atoms with Gasteiger partial charge in [0, 0.05) is 32.0 Å². The molecule has 3 atom stereocenters. The van der Waals surface area contributed by atoms with Crippen molar-refractivity contribution in [2.24, 2.45) is 17.8 Å². The van der Waals surface area contributed by atoms with Crippen molar-refractivity contribution in [2.45, 2.75) is 38.5 Å². The van der Waals surface area contributed by atoms with Crippen molar-refractivity contribution in [3.05, 3.63) is 24.3 Å². The molecule has 2 bridgehead atoms. The first-order chi connectivity index (χ1) is 13.3. The van der Waals surface area contributed by atoms with E-state index in [0.29, 0.717) is 11.0 Å². The summed E-state index contributed by atoms with van der Waals surface area (Å²) in [5.41, 5.74) is 0. The third-order valence-corrected chi connectivity index (χ3v) is 5.19. The quantitative estimate of drug-likeness (QED) is 0.379. The van der Waals surface area contributed by atoms with E-state index in [1.54, 1.807) is 0 Å². The molecule has 0 aromatic rings. The molecule has 3 amide bonds. The van der Waals surface area contributed by atoms with E-state index in [1.807, 2.05) is 0 Å². The maximum atomic E-state index is 12.3. The lowest BCUT2D eigenvalue weighted by Gasteiger charge is -2.36. The number of carbonyl (C=O) groups excluding carboxylic acids is 5. The fraction of sp³-hybridized carbons (Fsp3) is 0.526. The average Bonchev–Trinajstić information content (AvgIpc) is 3.00. The third kappa shape index (κ3) is 4.47. The molecule has 9 nitrogen and oxygen atoms in total. The fourth-order valence-electron chi connectivity index (χ4n) is 3.62. The first-order valence-electron chi connectivity index (χ1n) is 9.28. The summed E-state index contributed by atoms with van der Waals surface area (Å²) in [6.45, 7) is 0. The Balaban J connectivity index is 1.37. The minimum Gasteiger partial charge on any atom is -0.338 e. The van der Waals surface area contributed by atoms with Gasteiger partial charge < -0.3 is 9.68 Å². The van der Waals surface area contributed by atoms with Crippen LogP contribution in [0.3, 0.4) is 0 Å². The number of fused-ring (bicyclic) bond motifs is 2. The molecule has 1 saturated carbocycles. The van der Waals surface area contributed by atoms with Crippen LogP contribution in [0.1, 0.15) is 38.5 Å². The zero-order valence-electron chi connectivity index (χ0n) is 15.5. The SMILES string of the molecule is CN(OC(=O)C1CC2C=CC1CC2)C(=O)CCCC(=O)ON1C(=O)C=CC1=O. The van der Waals surface area contributed by atoms with E-state index in [4.69, 9.17) is 4.84 Å². The molecular formula is C19H22N2O7. The number of hydrogen-bond acceptors (Lipinski definition) is 7. The van der Waals surface area contributed by atoms with Gasteiger partial charge in [-0.3, -0.25) is 14.4 Å². The van der Waals surface area contributed by atoms with E-state index in [1.165, 1.54) is 7.05 Å². The predicted molar refractivity (Wildman–Crippen MR) is 93.3 cm³/mol. The van der Waals surface area contributed by atoms with Gasteiger partial charge in [-0.25, -0.2) is 9.59 Å². The molecule has 0 aromatic carbocycles. The second kappa shape index (κ2) is 8.37. The summed E-state index contributed by atoms with van der Waals surface area (Å²) >= 11 is 0. The zero-order chi connectivity index (χ0) is 20.3. The highest BCUT2D eigenvalue weighted by atomic mass is 16.7. The van der Waals surface area contributed by atoms with E-state index >= 15 is 0 Å². The Bertz CT molecular complexity index is 739. The van der Waals surface area contributed by atoms with E-state index < -0.39 is 29.7 Å². The lowest BCUT2D eigenvalue weighted by Crippen LogP contribution is -2.38. The van der Waals surface area contributed by atoms with Crippen LogP contribution in [0.2, 0.25) is 0 Å². The second-order valence-electron chi connectivity index (χ2n) is 7.15. The average molecular weight is 390 g/mol. The van der Waals surface area contributed by atoms with Crippen molar-refractivity contribution in [3.8, 4) is 0 Å². The Morgan fingerprint density at radius 1 is 1.11 bits per heavy atom. The molecule has 0 aromatic heterocycles. The lowest BCUT2D eigenvalue weighted by molar-refractivity contribution is -0.199. The second-order valence-corrected chi connectivity index (χ2v) is 7.15. The highest BCUT2D eigenvalue weighted by Crippen LogP contribution is 2.40. The van der Waals surface area contributed by atoms with Gasteiger partial charge in [0.1, 0.15) is 0 Å². The van der Waals surface area contributed by atoms with Gasteiger partial charge in [-0.05, 0) is 37.5 Å². The molecule has 4 aliphatic rings. The molecule has 0 spiro atoms. The predicted octanol–water partition coefficient (Wildman–Crippen LogP) is 1.06. The number of hydroxylamine groups is 4. The zero-order valence-corrected chi connectivity index (χ0v) is 15.5. The number of carbonyl (C=O) groups is 5. The van der Waals surface area contributed by atoms with E-state index in [0.717, 1.165) is 36.5 Å². The molecule has 150 valence electrons. The Morgan fingerprint density at radius 3 is 2.39 bits per heavy atom. The van der Waals surface area contributed by atoms with Crippen molar-refractivity contribution < 1.29 is 33.6 Å². The maximum Gasteiger partial charge on any atom is 0.336 e. The Morgan fingerprint density at radius 2 is 1.82 bits per heavy atom. The smallest absolute Gasteiger partial charge is 0.336 e. The van der Waals surface area contributed by atoms with Crippen LogP contribution in [-0.2, 0) is 33.6 Å². The van der Waals surface area contributed by atoms with Gasteiger partial charge in [0.15, 0.2) is 0 Å². The number of rotatable bonds is 6. The van der Waals surface area contributed by atoms with Crippen molar-refractivity contribution in [1.29, 1.82) is 0 Å². The molecule has 3 aliphatic carbocycles. The molecule has 4 rings (SSSR count). The van der Waals surface area contributed by atoms with Gasteiger partial charge in [-0.1, -0.05) is 17.2 Å². The molecule has 0 radical (unpaired) electrons. The largest absolute Gasteiger partial charge is 0.338 e. The van der Waals surface area contributed by atoms with Gasteiger partial charge in [-0.15, -0.1) is 0 Å². The Hall–Kier alpha value is -2.97. The molecule has 0 N–H and O–H groups in total. The normalized spacial score (nSPS) is 25.2. The third-order valence-electron chi connectivity index (χ3n) is 5.19. The minimum absolute atomic E-state index is 0.0460. The molecule has 28 heavy (non-hydrogen) atoms. The topological polar surface area (TPSA) is 110 Å². The van der Waals surface area contributed by atoms with Crippen LogP contribution in [0, 0.1) is 17.8 Å². The highest BCUT2D eigenvalue weighted by Gasteiger charge is 2.38. The van der Waals surface area contributed by atoms with Crippen molar-refractivity contribution >= 4 is 29.7 Å². The summed E-state index contributed by atoms with van der Waals surface area (Å²) in [6, 6.07) is 0. The first-order valence-corrected chi connectivity index (χ1v) is 9.28. The fourth-order valence-corrected chi connectivity index (χ4v) is 3.62. The van der Waals surface area contributed by atoms with Crippen LogP contribution in [0.5, 0.6) is 0 Å². The van der Waals surface area contributed by atoms with E-state index in [-0.39, 0.29) is 31.1 Å². The Kier molecular flexibility index (Phi) is 5.91. The summed E-state index contributed by atoms with van der Waals surface area (Å²) in [7, 11) is 1.36. The van der Waals surface area contributed by atoms with Gasteiger partial charge in [0.05, 0.1) is 5.92 Å². The monoisotopic (exact) mass is 390 g/mol. The van der Waals surface area contributed by atoms with Crippen LogP contribution in [0.25, 0.3) is 0 Å². The maximum absolute atomic E-state index is 12.3. The molecule has 3 unspecified atom stereocenters. The van der Waals surface area contributed by atoms with Crippen LogP contribution in [0.4, 0.5) is 0 Å². The molecule has 1 fully saturated rings. The Labute approximate surface area is 161 Å². The molecule has 1 heterocycles. The van der Waals surface area contributed by atoms with Gasteiger partial charge in [0.2, 0.25) is 0 Å². The van der Waals surface area contributed by atoms with E-state index in [9.17, 15) is 24.0 Å². The van der Waals surface area contributed by atoms with E-state index in [2.05, 4.69) is 17.0 Å². The van der Waals surface area contributed by atoms with Gasteiger partial charge >= 0.3 is 11.9 Å². The van der Waals surface area contributed by atoms with Crippen LogP contribution < -0.4 is 0 Å². The summed E-state index contributed by atoms with van der Waals surface area (Å²) in [5, 5.41) is 1.27. The molecule has 0 saturated heterocycles. The molecular weight excluding hydrogens is 368 g/mol. The van der Waals surface area contributed by atoms with Crippen molar-refractivity contribution in [2.75, 3.05) is 7.05 Å².